The summed E-state index contributed by atoms with van der Waals surface area (Å²) < 4.78 is 0. The number of amides is 1. The van der Waals surface area contributed by atoms with Crippen LogP contribution in [-0.2, 0) is 0 Å². The van der Waals surface area contributed by atoms with Crippen molar-refractivity contribution in [3.05, 3.63) is 77.6 Å². The van der Waals surface area contributed by atoms with E-state index in [0.29, 0.717) is 11.6 Å². The maximum atomic E-state index is 12.5. The number of aromatic nitrogens is 2. The highest BCUT2D eigenvalue weighted by Gasteiger charge is 2.21. The Morgan fingerprint density at radius 2 is 1.62 bits per heavy atom. The molecule has 6 nitrogen and oxygen atoms in total. The minimum Gasteiger partial charge on any atom is -0.368 e. The van der Waals surface area contributed by atoms with Gasteiger partial charge in [-0.05, 0) is 49.2 Å². The van der Waals surface area contributed by atoms with Gasteiger partial charge in [0, 0.05) is 43.8 Å². The lowest BCUT2D eigenvalue weighted by Crippen LogP contribution is -2.47. The molecule has 29 heavy (non-hydrogen) atoms. The number of benzene rings is 2. The molecule has 1 aromatic heterocycles. The molecule has 1 aliphatic rings. The topological polar surface area (TPSA) is 61.4 Å². The fraction of sp³-hybridized carbons (Fsp3) is 0.261. The van der Waals surface area contributed by atoms with Gasteiger partial charge >= 0.3 is 0 Å². The van der Waals surface area contributed by atoms with Crippen molar-refractivity contribution >= 4 is 23.2 Å². The van der Waals surface area contributed by atoms with Crippen LogP contribution >= 0.6 is 0 Å². The summed E-state index contributed by atoms with van der Waals surface area (Å²) in [6.07, 6.45) is 1.65. The molecule has 0 saturated carbocycles. The fourth-order valence-electron chi connectivity index (χ4n) is 3.57. The van der Waals surface area contributed by atoms with Crippen molar-refractivity contribution < 1.29 is 4.79 Å². The lowest BCUT2D eigenvalue weighted by Gasteiger charge is -2.37. The van der Waals surface area contributed by atoms with Crippen molar-refractivity contribution in [2.75, 3.05) is 41.3 Å². The molecule has 0 bridgehead atoms. The average Bonchev–Trinajstić information content (AvgIpc) is 2.77. The normalized spacial score (nSPS) is 14.0. The Morgan fingerprint density at radius 3 is 2.38 bits per heavy atom. The van der Waals surface area contributed by atoms with Crippen LogP contribution in [0.2, 0.25) is 0 Å². The summed E-state index contributed by atoms with van der Waals surface area (Å²) in [5.41, 5.74) is 5.05. The number of hydrogen-bond acceptors (Lipinski definition) is 5. The van der Waals surface area contributed by atoms with Gasteiger partial charge in [-0.3, -0.25) is 4.79 Å². The molecule has 1 saturated heterocycles. The quantitative estimate of drug-likeness (QED) is 0.740. The van der Waals surface area contributed by atoms with Gasteiger partial charge in [0.25, 0.3) is 5.91 Å². The molecule has 0 radical (unpaired) electrons. The SMILES string of the molecule is Cc1cccc(N2CCN(c3nccc(C(=O)Nc4ccccc4)n3)CC2)c1C. The van der Waals surface area contributed by atoms with E-state index in [0.717, 1.165) is 31.9 Å². The maximum Gasteiger partial charge on any atom is 0.274 e. The third-order valence-electron chi connectivity index (χ3n) is 5.39. The molecule has 0 atom stereocenters. The van der Waals surface area contributed by atoms with Gasteiger partial charge in [-0.2, -0.15) is 0 Å². The smallest absolute Gasteiger partial charge is 0.274 e. The van der Waals surface area contributed by atoms with Gasteiger partial charge < -0.3 is 15.1 Å². The first-order chi connectivity index (χ1) is 14.1. The van der Waals surface area contributed by atoms with Crippen molar-refractivity contribution in [1.82, 2.24) is 9.97 Å². The van der Waals surface area contributed by atoms with Crippen molar-refractivity contribution in [3.63, 3.8) is 0 Å². The number of rotatable bonds is 4. The lowest BCUT2D eigenvalue weighted by atomic mass is 10.1. The number of hydrogen-bond donors (Lipinski definition) is 1. The standard InChI is InChI=1S/C23H25N5O/c1-17-7-6-10-21(18(17)2)27-13-15-28(16-14-27)23-24-12-11-20(26-23)22(29)25-19-8-4-3-5-9-19/h3-12H,13-16H2,1-2H3,(H,25,29). The summed E-state index contributed by atoms with van der Waals surface area (Å²) >= 11 is 0. The third-order valence-corrected chi connectivity index (χ3v) is 5.39. The predicted molar refractivity (Wildman–Crippen MR) is 117 cm³/mol. The summed E-state index contributed by atoms with van der Waals surface area (Å²) in [4.78, 5) is 26.0. The minimum absolute atomic E-state index is 0.228. The van der Waals surface area contributed by atoms with Gasteiger partial charge in [-0.1, -0.05) is 30.3 Å². The predicted octanol–water partition coefficient (Wildman–Crippen LogP) is 3.67. The summed E-state index contributed by atoms with van der Waals surface area (Å²) in [5.74, 6) is 0.375. The van der Waals surface area contributed by atoms with Crippen LogP contribution in [0.1, 0.15) is 21.6 Å². The van der Waals surface area contributed by atoms with Crippen molar-refractivity contribution in [3.8, 4) is 0 Å². The number of carbonyl (C=O) groups excluding carboxylic acids is 1. The first kappa shape index (κ1) is 18.9. The summed E-state index contributed by atoms with van der Waals surface area (Å²) in [5, 5.41) is 2.87. The molecule has 3 aromatic rings. The second kappa shape index (κ2) is 8.31. The molecular weight excluding hydrogens is 362 g/mol. The number of nitrogens with one attached hydrogen (secondary N) is 1. The molecule has 1 N–H and O–H groups in total. The Hall–Kier alpha value is -3.41. The van der Waals surface area contributed by atoms with E-state index in [9.17, 15) is 4.79 Å². The molecule has 1 amide bonds. The highest BCUT2D eigenvalue weighted by molar-refractivity contribution is 6.02. The zero-order valence-corrected chi connectivity index (χ0v) is 16.8. The van der Waals surface area contributed by atoms with Gasteiger partial charge in [0.05, 0.1) is 0 Å². The second-order valence-corrected chi connectivity index (χ2v) is 7.26. The van der Waals surface area contributed by atoms with E-state index in [-0.39, 0.29) is 5.91 Å². The molecule has 2 heterocycles. The monoisotopic (exact) mass is 387 g/mol. The van der Waals surface area contributed by atoms with Crippen LogP contribution in [0.5, 0.6) is 0 Å². The van der Waals surface area contributed by atoms with Crippen molar-refractivity contribution in [2.45, 2.75) is 13.8 Å². The van der Waals surface area contributed by atoms with E-state index in [1.165, 1.54) is 16.8 Å². The molecule has 0 spiro atoms. The lowest BCUT2D eigenvalue weighted by molar-refractivity contribution is 0.102. The molecule has 1 fully saturated rings. The van der Waals surface area contributed by atoms with E-state index >= 15 is 0 Å². The van der Waals surface area contributed by atoms with Crippen LogP contribution in [0.25, 0.3) is 0 Å². The zero-order valence-electron chi connectivity index (χ0n) is 16.8. The first-order valence-corrected chi connectivity index (χ1v) is 9.87. The van der Waals surface area contributed by atoms with Crippen LogP contribution in [-0.4, -0.2) is 42.1 Å². The first-order valence-electron chi connectivity index (χ1n) is 9.87. The Kier molecular flexibility index (Phi) is 5.42. The van der Waals surface area contributed by atoms with Crippen LogP contribution in [0.15, 0.2) is 60.8 Å². The molecule has 0 unspecified atom stereocenters. The Balaban J connectivity index is 1.43. The fourth-order valence-corrected chi connectivity index (χ4v) is 3.57. The summed E-state index contributed by atoms with van der Waals surface area (Å²) in [7, 11) is 0. The number of piperazine rings is 1. The van der Waals surface area contributed by atoms with Crippen molar-refractivity contribution in [1.29, 1.82) is 0 Å². The zero-order chi connectivity index (χ0) is 20.2. The van der Waals surface area contributed by atoms with E-state index in [2.05, 4.69) is 57.1 Å². The van der Waals surface area contributed by atoms with Crippen LogP contribution in [0.4, 0.5) is 17.3 Å². The molecule has 4 rings (SSSR count). The van der Waals surface area contributed by atoms with E-state index in [1.807, 2.05) is 30.3 Å². The number of anilines is 3. The number of para-hydroxylation sites is 1. The van der Waals surface area contributed by atoms with Gasteiger partial charge in [-0.15, -0.1) is 0 Å². The van der Waals surface area contributed by atoms with E-state index in [1.54, 1.807) is 12.3 Å². The third kappa shape index (κ3) is 4.21. The van der Waals surface area contributed by atoms with Crippen LogP contribution in [0, 0.1) is 13.8 Å². The largest absolute Gasteiger partial charge is 0.368 e. The van der Waals surface area contributed by atoms with Crippen LogP contribution < -0.4 is 15.1 Å². The maximum absolute atomic E-state index is 12.5. The van der Waals surface area contributed by atoms with Crippen LogP contribution in [0.3, 0.4) is 0 Å². The van der Waals surface area contributed by atoms with Gasteiger partial charge in [-0.25, -0.2) is 9.97 Å². The summed E-state index contributed by atoms with van der Waals surface area (Å²) in [6.45, 7) is 7.75. The summed E-state index contributed by atoms with van der Waals surface area (Å²) in [6, 6.07) is 17.5. The highest BCUT2D eigenvalue weighted by Crippen LogP contribution is 2.24. The number of nitrogens with zero attached hydrogens (tertiary/aromatic N) is 4. The van der Waals surface area contributed by atoms with Crippen molar-refractivity contribution in [2.24, 2.45) is 0 Å². The molecule has 2 aromatic carbocycles. The average molecular weight is 387 g/mol. The molecular formula is C23H25N5O. The van der Waals surface area contributed by atoms with Gasteiger partial charge in [0.2, 0.25) is 5.95 Å². The number of aryl methyl sites for hydroxylation is 1. The Morgan fingerprint density at radius 1 is 0.897 bits per heavy atom. The van der Waals surface area contributed by atoms with E-state index in [4.69, 9.17) is 0 Å². The number of carbonyl (C=O) groups is 1. The Bertz CT molecular complexity index is 997. The molecule has 0 aliphatic carbocycles. The Labute approximate surface area is 171 Å². The molecule has 1 aliphatic heterocycles. The molecule has 148 valence electrons. The molecule has 6 heteroatoms. The van der Waals surface area contributed by atoms with Gasteiger partial charge in [0.1, 0.15) is 5.69 Å². The highest BCUT2D eigenvalue weighted by atomic mass is 16.1. The van der Waals surface area contributed by atoms with Gasteiger partial charge in [0.15, 0.2) is 0 Å². The minimum atomic E-state index is -0.228. The second-order valence-electron chi connectivity index (χ2n) is 7.26. The van der Waals surface area contributed by atoms with E-state index < -0.39 is 0 Å².